The van der Waals surface area contributed by atoms with Crippen LogP contribution in [0.4, 0.5) is 9.59 Å². The molecule has 0 aromatic rings. The highest BCUT2D eigenvalue weighted by Crippen LogP contribution is 2.24. The molecule has 0 spiro atoms. The van der Waals surface area contributed by atoms with Crippen molar-refractivity contribution in [3.8, 4) is 0 Å². The van der Waals surface area contributed by atoms with E-state index in [0.717, 1.165) is 6.42 Å². The van der Waals surface area contributed by atoms with Crippen molar-refractivity contribution < 1.29 is 19.8 Å². The van der Waals surface area contributed by atoms with Crippen molar-refractivity contribution in [2.75, 3.05) is 13.1 Å². The first kappa shape index (κ1) is 14.5. The second kappa shape index (κ2) is 6.19. The zero-order valence-electron chi connectivity index (χ0n) is 9.91. The predicted molar refractivity (Wildman–Crippen MR) is 59.6 cm³/mol. The van der Waals surface area contributed by atoms with Crippen molar-refractivity contribution in [2.24, 2.45) is 11.3 Å². The van der Waals surface area contributed by atoms with Gasteiger partial charge in [-0.25, -0.2) is 9.59 Å². The Balaban J connectivity index is 4.34. The Kier molecular flexibility index (Phi) is 5.63. The fraction of sp³-hybridized carbons (Fsp3) is 0.800. The number of carboxylic acid groups (broad SMARTS) is 2. The van der Waals surface area contributed by atoms with Gasteiger partial charge < -0.3 is 20.8 Å². The summed E-state index contributed by atoms with van der Waals surface area (Å²) in [4.78, 5) is 20.8. The molecule has 0 atom stereocenters. The van der Waals surface area contributed by atoms with Crippen LogP contribution in [0.1, 0.15) is 27.2 Å². The summed E-state index contributed by atoms with van der Waals surface area (Å²) >= 11 is 0. The van der Waals surface area contributed by atoms with E-state index in [1.807, 2.05) is 20.8 Å². The molecular weight excluding hydrogens is 212 g/mol. The molecule has 16 heavy (non-hydrogen) atoms. The van der Waals surface area contributed by atoms with E-state index in [-0.39, 0.29) is 13.1 Å². The van der Waals surface area contributed by atoms with E-state index in [1.54, 1.807) is 0 Å². The molecule has 6 nitrogen and oxygen atoms in total. The van der Waals surface area contributed by atoms with Crippen LogP contribution >= 0.6 is 0 Å². The van der Waals surface area contributed by atoms with Gasteiger partial charge in [0.25, 0.3) is 0 Å². The average Bonchev–Trinajstić information content (AvgIpc) is 2.11. The van der Waals surface area contributed by atoms with Crippen molar-refractivity contribution in [1.82, 2.24) is 10.6 Å². The second-order valence-corrected chi connectivity index (χ2v) is 4.73. The maximum atomic E-state index is 10.4. The molecule has 0 saturated heterocycles. The summed E-state index contributed by atoms with van der Waals surface area (Å²) in [5, 5.41) is 21.7. The molecule has 0 heterocycles. The van der Waals surface area contributed by atoms with Gasteiger partial charge in [-0.2, -0.15) is 0 Å². The second-order valence-electron chi connectivity index (χ2n) is 4.73. The molecule has 94 valence electrons. The van der Waals surface area contributed by atoms with Gasteiger partial charge in [0, 0.05) is 18.5 Å². The largest absolute Gasteiger partial charge is 0.465 e. The van der Waals surface area contributed by atoms with E-state index in [9.17, 15) is 9.59 Å². The predicted octanol–water partition coefficient (Wildman–Crippen LogP) is 1.57. The Bertz CT molecular complexity index is 235. The number of amides is 2. The Morgan fingerprint density at radius 3 is 1.75 bits per heavy atom. The van der Waals surface area contributed by atoms with E-state index in [1.165, 1.54) is 0 Å². The standard InChI is InChI=1S/C10H20N2O4/c1-7(2)4-10(3,5-11-8(13)14)6-12-9(15)16/h7,11-12H,4-6H2,1-3H3,(H,13,14)(H,15,16). The smallest absolute Gasteiger partial charge is 0.404 e. The molecule has 0 bridgehead atoms. The number of carbonyl (C=O) groups is 2. The fourth-order valence-corrected chi connectivity index (χ4v) is 1.77. The zero-order chi connectivity index (χ0) is 12.8. The van der Waals surface area contributed by atoms with E-state index in [4.69, 9.17) is 10.2 Å². The molecule has 0 aliphatic heterocycles. The molecular formula is C10H20N2O4. The number of rotatable bonds is 6. The Hall–Kier alpha value is -1.46. The third kappa shape index (κ3) is 6.92. The van der Waals surface area contributed by atoms with Gasteiger partial charge in [-0.05, 0) is 12.3 Å². The molecule has 0 unspecified atom stereocenters. The van der Waals surface area contributed by atoms with Crippen LogP contribution < -0.4 is 10.6 Å². The Morgan fingerprint density at radius 2 is 1.50 bits per heavy atom. The molecule has 0 rings (SSSR count). The van der Waals surface area contributed by atoms with E-state index in [0.29, 0.717) is 5.92 Å². The maximum absolute atomic E-state index is 10.4. The number of hydrogen-bond acceptors (Lipinski definition) is 2. The Labute approximate surface area is 95.0 Å². The quantitative estimate of drug-likeness (QED) is 0.558. The minimum atomic E-state index is -1.09. The highest BCUT2D eigenvalue weighted by molar-refractivity contribution is 5.65. The summed E-state index contributed by atoms with van der Waals surface area (Å²) in [5.74, 6) is 0.371. The lowest BCUT2D eigenvalue weighted by Crippen LogP contribution is -2.43. The molecule has 0 aromatic carbocycles. The fourth-order valence-electron chi connectivity index (χ4n) is 1.77. The molecule has 0 fully saturated rings. The van der Waals surface area contributed by atoms with Gasteiger partial charge in [-0.15, -0.1) is 0 Å². The molecule has 2 amide bonds. The van der Waals surface area contributed by atoms with Gasteiger partial charge >= 0.3 is 12.2 Å². The summed E-state index contributed by atoms with van der Waals surface area (Å²) < 4.78 is 0. The van der Waals surface area contributed by atoms with E-state index in [2.05, 4.69) is 10.6 Å². The topological polar surface area (TPSA) is 98.7 Å². The van der Waals surface area contributed by atoms with Gasteiger partial charge in [0.2, 0.25) is 0 Å². The van der Waals surface area contributed by atoms with Crippen LogP contribution in [0.15, 0.2) is 0 Å². The van der Waals surface area contributed by atoms with E-state index < -0.39 is 17.6 Å². The molecule has 0 radical (unpaired) electrons. The molecule has 4 N–H and O–H groups in total. The van der Waals surface area contributed by atoms with Crippen LogP contribution in [0.5, 0.6) is 0 Å². The molecule has 0 aliphatic carbocycles. The summed E-state index contributed by atoms with van der Waals surface area (Å²) in [6, 6.07) is 0. The van der Waals surface area contributed by atoms with Crippen LogP contribution in [0, 0.1) is 11.3 Å². The van der Waals surface area contributed by atoms with Crippen molar-refractivity contribution >= 4 is 12.2 Å². The van der Waals surface area contributed by atoms with Gasteiger partial charge in [0.1, 0.15) is 0 Å². The maximum Gasteiger partial charge on any atom is 0.404 e. The number of hydrogen-bond donors (Lipinski definition) is 4. The van der Waals surface area contributed by atoms with Crippen LogP contribution in [0.2, 0.25) is 0 Å². The number of nitrogens with one attached hydrogen (secondary N) is 2. The SMILES string of the molecule is CC(C)CC(C)(CNC(=O)O)CNC(=O)O. The van der Waals surface area contributed by atoms with Crippen LogP contribution in [-0.4, -0.2) is 35.5 Å². The monoisotopic (exact) mass is 232 g/mol. The first-order valence-corrected chi connectivity index (χ1v) is 5.19. The molecule has 0 saturated carbocycles. The summed E-state index contributed by atoms with van der Waals surface area (Å²) in [5.41, 5.74) is -0.398. The minimum Gasteiger partial charge on any atom is -0.465 e. The first-order valence-electron chi connectivity index (χ1n) is 5.19. The van der Waals surface area contributed by atoms with Gasteiger partial charge in [-0.3, -0.25) is 0 Å². The van der Waals surface area contributed by atoms with Crippen molar-refractivity contribution in [1.29, 1.82) is 0 Å². The van der Waals surface area contributed by atoms with Gasteiger partial charge in [0.15, 0.2) is 0 Å². The van der Waals surface area contributed by atoms with Crippen LogP contribution in [0.3, 0.4) is 0 Å². The molecule has 6 heteroatoms. The van der Waals surface area contributed by atoms with E-state index >= 15 is 0 Å². The highest BCUT2D eigenvalue weighted by Gasteiger charge is 2.26. The van der Waals surface area contributed by atoms with Gasteiger partial charge in [-0.1, -0.05) is 20.8 Å². The van der Waals surface area contributed by atoms with Crippen molar-refractivity contribution in [3.63, 3.8) is 0 Å². The highest BCUT2D eigenvalue weighted by atomic mass is 16.4. The van der Waals surface area contributed by atoms with Crippen LogP contribution in [-0.2, 0) is 0 Å². The molecule has 0 aliphatic rings. The summed E-state index contributed by atoms with van der Waals surface area (Å²) in [6.45, 7) is 6.36. The third-order valence-electron chi connectivity index (χ3n) is 2.23. The lowest BCUT2D eigenvalue weighted by atomic mass is 9.82. The van der Waals surface area contributed by atoms with Gasteiger partial charge in [0.05, 0.1) is 0 Å². The lowest BCUT2D eigenvalue weighted by Gasteiger charge is -2.30. The average molecular weight is 232 g/mol. The summed E-state index contributed by atoms with van der Waals surface area (Å²) in [7, 11) is 0. The van der Waals surface area contributed by atoms with Crippen molar-refractivity contribution in [3.05, 3.63) is 0 Å². The first-order chi connectivity index (χ1) is 7.25. The molecule has 0 aromatic heterocycles. The minimum absolute atomic E-state index is 0.237. The Morgan fingerprint density at radius 1 is 1.12 bits per heavy atom. The lowest BCUT2D eigenvalue weighted by molar-refractivity contribution is 0.170. The summed E-state index contributed by atoms with van der Waals surface area (Å²) in [6.07, 6.45) is -1.44. The van der Waals surface area contributed by atoms with Crippen LogP contribution in [0.25, 0.3) is 0 Å². The normalized spacial score (nSPS) is 11.2. The zero-order valence-corrected chi connectivity index (χ0v) is 9.91. The van der Waals surface area contributed by atoms with Crippen molar-refractivity contribution in [2.45, 2.75) is 27.2 Å². The third-order valence-corrected chi connectivity index (χ3v) is 2.23.